The number of hydrogen-bond acceptors (Lipinski definition) is 3. The summed E-state index contributed by atoms with van der Waals surface area (Å²) in [5, 5.41) is 0. The number of halogens is 4. The van der Waals surface area contributed by atoms with Crippen LogP contribution in [-0.4, -0.2) is 8.42 Å². The molecule has 0 atom stereocenters. The van der Waals surface area contributed by atoms with Gasteiger partial charge in [0.1, 0.15) is 28.0 Å². The molecular weight excluding hydrogens is 373 g/mol. The van der Waals surface area contributed by atoms with E-state index >= 15 is 0 Å². The van der Waals surface area contributed by atoms with Gasteiger partial charge in [0.15, 0.2) is 0 Å². The summed E-state index contributed by atoms with van der Waals surface area (Å²) in [5.74, 6) is -2.93. The quantitative estimate of drug-likeness (QED) is 0.802. The fourth-order valence-corrected chi connectivity index (χ4v) is 3.27. The first kappa shape index (κ1) is 15.6. The molecule has 0 aliphatic carbocycles. The summed E-state index contributed by atoms with van der Waals surface area (Å²) >= 11 is 2.82. The number of sulfonamides is 1. The molecule has 0 bridgehead atoms. The highest BCUT2D eigenvalue weighted by molar-refractivity contribution is 9.10. The number of nitrogens with two attached hydrogens (primary N) is 1. The maximum absolute atomic E-state index is 13.5. The number of nitrogen functional groups attached to an aromatic ring is 1. The van der Waals surface area contributed by atoms with Gasteiger partial charge in [-0.15, -0.1) is 0 Å². The van der Waals surface area contributed by atoms with Gasteiger partial charge in [-0.05, 0) is 40.2 Å². The van der Waals surface area contributed by atoms with Crippen LogP contribution in [0.4, 0.5) is 24.5 Å². The van der Waals surface area contributed by atoms with E-state index in [9.17, 15) is 21.6 Å². The van der Waals surface area contributed by atoms with E-state index in [1.807, 2.05) is 0 Å². The van der Waals surface area contributed by atoms with Crippen molar-refractivity contribution in [3.63, 3.8) is 0 Å². The molecular formula is C12H8BrF3N2O2S. The maximum Gasteiger partial charge on any atom is 0.264 e. The van der Waals surface area contributed by atoms with Crippen molar-refractivity contribution in [1.82, 2.24) is 0 Å². The number of anilines is 2. The van der Waals surface area contributed by atoms with E-state index in [1.165, 1.54) is 0 Å². The van der Waals surface area contributed by atoms with Crippen molar-refractivity contribution >= 4 is 37.3 Å². The summed E-state index contributed by atoms with van der Waals surface area (Å²) in [4.78, 5) is -0.501. The summed E-state index contributed by atoms with van der Waals surface area (Å²) in [6.07, 6.45) is 0. The maximum atomic E-state index is 13.5. The molecule has 2 rings (SSSR count). The third-order valence-electron chi connectivity index (χ3n) is 2.54. The number of para-hydroxylation sites is 1. The number of nitrogens with one attached hydrogen (secondary N) is 1. The van der Waals surface area contributed by atoms with Gasteiger partial charge in [0.05, 0.1) is 10.2 Å². The first-order chi connectivity index (χ1) is 9.72. The standard InChI is InChI=1S/C12H8BrF3N2O2S/c13-6-4-11(10(17)5-9(6)16)21(19,20)18-12-7(14)2-1-3-8(12)15/h1-5,18H,17H2. The normalized spacial score (nSPS) is 11.4. The third kappa shape index (κ3) is 3.13. The van der Waals surface area contributed by atoms with Gasteiger partial charge in [-0.1, -0.05) is 6.07 Å². The zero-order valence-corrected chi connectivity index (χ0v) is 12.6. The Bertz CT molecular complexity index is 792. The highest BCUT2D eigenvalue weighted by atomic mass is 79.9. The van der Waals surface area contributed by atoms with E-state index in [0.29, 0.717) is 0 Å². The smallest absolute Gasteiger partial charge is 0.264 e. The Labute approximate surface area is 127 Å². The van der Waals surface area contributed by atoms with Crippen molar-refractivity contribution in [3.05, 3.63) is 52.3 Å². The van der Waals surface area contributed by atoms with Crippen molar-refractivity contribution in [2.75, 3.05) is 10.5 Å². The Balaban J connectivity index is 2.51. The fraction of sp³-hybridized carbons (Fsp3) is 0. The monoisotopic (exact) mass is 380 g/mol. The largest absolute Gasteiger partial charge is 0.398 e. The second kappa shape index (κ2) is 5.57. The zero-order valence-electron chi connectivity index (χ0n) is 10.2. The van der Waals surface area contributed by atoms with Crippen molar-refractivity contribution < 1.29 is 21.6 Å². The van der Waals surface area contributed by atoms with Gasteiger partial charge in [0.25, 0.3) is 10.0 Å². The van der Waals surface area contributed by atoms with Gasteiger partial charge in [0.2, 0.25) is 0 Å². The average molecular weight is 381 g/mol. The lowest BCUT2D eigenvalue weighted by atomic mass is 10.3. The van der Waals surface area contributed by atoms with Gasteiger partial charge in [-0.2, -0.15) is 0 Å². The van der Waals surface area contributed by atoms with Gasteiger partial charge in [-0.25, -0.2) is 21.6 Å². The lowest BCUT2D eigenvalue weighted by Gasteiger charge is -2.12. The predicted octanol–water partition coefficient (Wildman–Crippen LogP) is 3.25. The van der Waals surface area contributed by atoms with E-state index in [0.717, 1.165) is 30.3 Å². The van der Waals surface area contributed by atoms with Crippen LogP contribution in [0.3, 0.4) is 0 Å². The number of hydrogen-bond donors (Lipinski definition) is 2. The molecule has 2 aromatic carbocycles. The van der Waals surface area contributed by atoms with Crippen LogP contribution >= 0.6 is 15.9 Å². The van der Waals surface area contributed by atoms with Gasteiger partial charge < -0.3 is 5.73 Å². The van der Waals surface area contributed by atoms with E-state index < -0.39 is 38.1 Å². The average Bonchev–Trinajstić information content (AvgIpc) is 2.38. The molecule has 0 saturated carbocycles. The summed E-state index contributed by atoms with van der Waals surface area (Å²) in [7, 11) is -4.38. The number of rotatable bonds is 3. The Morgan fingerprint density at radius 1 is 1.05 bits per heavy atom. The Morgan fingerprint density at radius 3 is 2.19 bits per heavy atom. The van der Waals surface area contributed by atoms with Crippen LogP contribution in [-0.2, 0) is 10.0 Å². The highest BCUT2D eigenvalue weighted by Gasteiger charge is 2.22. The lowest BCUT2D eigenvalue weighted by molar-refractivity contribution is 0.582. The summed E-state index contributed by atoms with van der Waals surface area (Å²) in [5.41, 5.74) is 4.21. The van der Waals surface area contributed by atoms with Gasteiger partial charge >= 0.3 is 0 Å². The lowest BCUT2D eigenvalue weighted by Crippen LogP contribution is -2.17. The minimum Gasteiger partial charge on any atom is -0.398 e. The third-order valence-corrected chi connectivity index (χ3v) is 4.55. The molecule has 0 aliphatic heterocycles. The van der Waals surface area contributed by atoms with Crippen molar-refractivity contribution in [1.29, 1.82) is 0 Å². The minimum atomic E-state index is -4.38. The van der Waals surface area contributed by atoms with Crippen molar-refractivity contribution in [2.45, 2.75) is 4.90 Å². The van der Waals surface area contributed by atoms with Crippen LogP contribution in [0.1, 0.15) is 0 Å². The second-order valence-electron chi connectivity index (χ2n) is 4.01. The van der Waals surface area contributed by atoms with Crippen molar-refractivity contribution in [3.8, 4) is 0 Å². The van der Waals surface area contributed by atoms with E-state index in [-0.39, 0.29) is 10.2 Å². The van der Waals surface area contributed by atoms with E-state index in [4.69, 9.17) is 5.73 Å². The molecule has 0 aliphatic rings. The molecule has 0 saturated heterocycles. The zero-order chi connectivity index (χ0) is 15.8. The summed E-state index contributed by atoms with van der Waals surface area (Å²) in [6, 6.07) is 4.57. The van der Waals surface area contributed by atoms with Crippen LogP contribution in [0.2, 0.25) is 0 Å². The SMILES string of the molecule is Nc1cc(F)c(Br)cc1S(=O)(=O)Nc1c(F)cccc1F. The summed E-state index contributed by atoms with van der Waals surface area (Å²) < 4.78 is 66.0. The van der Waals surface area contributed by atoms with E-state index in [2.05, 4.69) is 15.9 Å². The summed E-state index contributed by atoms with van der Waals surface area (Å²) in [6.45, 7) is 0. The Kier molecular flexibility index (Phi) is 4.15. The predicted molar refractivity (Wildman–Crippen MR) is 75.7 cm³/mol. The molecule has 0 amide bonds. The highest BCUT2D eigenvalue weighted by Crippen LogP contribution is 2.29. The number of benzene rings is 2. The molecule has 4 nitrogen and oxygen atoms in total. The second-order valence-corrected chi connectivity index (χ2v) is 6.51. The molecule has 21 heavy (non-hydrogen) atoms. The topological polar surface area (TPSA) is 72.2 Å². The molecule has 0 heterocycles. The van der Waals surface area contributed by atoms with E-state index in [1.54, 1.807) is 4.72 Å². The minimum absolute atomic E-state index is 0.147. The van der Waals surface area contributed by atoms with Crippen LogP contribution in [0.5, 0.6) is 0 Å². The molecule has 9 heteroatoms. The van der Waals surface area contributed by atoms with Crippen LogP contribution in [0.25, 0.3) is 0 Å². The van der Waals surface area contributed by atoms with Crippen molar-refractivity contribution in [2.24, 2.45) is 0 Å². The van der Waals surface area contributed by atoms with Gasteiger partial charge in [-0.3, -0.25) is 4.72 Å². The molecule has 0 spiro atoms. The first-order valence-electron chi connectivity index (χ1n) is 5.43. The molecule has 0 unspecified atom stereocenters. The van der Waals surface area contributed by atoms with Crippen LogP contribution in [0.15, 0.2) is 39.7 Å². The molecule has 0 radical (unpaired) electrons. The Morgan fingerprint density at radius 2 is 1.62 bits per heavy atom. The Hall–Kier alpha value is -1.74. The first-order valence-corrected chi connectivity index (χ1v) is 7.71. The molecule has 2 aromatic rings. The molecule has 112 valence electrons. The van der Waals surface area contributed by atoms with Crippen LogP contribution in [0, 0.1) is 17.5 Å². The molecule has 3 N–H and O–H groups in total. The molecule has 0 aromatic heterocycles. The fourth-order valence-electron chi connectivity index (χ4n) is 1.56. The van der Waals surface area contributed by atoms with Gasteiger partial charge in [0, 0.05) is 0 Å². The van der Waals surface area contributed by atoms with Crippen LogP contribution < -0.4 is 10.5 Å². The molecule has 0 fully saturated rings.